The smallest absolute Gasteiger partial charge is 0.295 e. The van der Waals surface area contributed by atoms with E-state index < -0.39 is 4.92 Å². The molecule has 1 atom stereocenters. The molecule has 7 heteroatoms. The molecule has 0 spiro atoms. The van der Waals surface area contributed by atoms with Crippen molar-refractivity contribution in [3.63, 3.8) is 0 Å². The summed E-state index contributed by atoms with van der Waals surface area (Å²) in [5.74, 6) is 0. The Morgan fingerprint density at radius 2 is 2.35 bits per heavy atom. The Labute approximate surface area is 134 Å². The number of aromatic nitrogens is 1. The summed E-state index contributed by atoms with van der Waals surface area (Å²) >= 11 is 0. The summed E-state index contributed by atoms with van der Waals surface area (Å²) in [7, 11) is 2.07. The molecule has 1 fully saturated rings. The highest BCUT2D eigenvalue weighted by Crippen LogP contribution is 2.29. The molecule has 1 aliphatic rings. The van der Waals surface area contributed by atoms with Crippen LogP contribution in [0, 0.1) is 17.0 Å². The van der Waals surface area contributed by atoms with Crippen molar-refractivity contribution in [3.8, 4) is 0 Å². The zero-order chi connectivity index (χ0) is 16.4. The van der Waals surface area contributed by atoms with Crippen molar-refractivity contribution in [2.45, 2.75) is 13.0 Å². The number of nitrogens with zero attached hydrogens (tertiary/aromatic N) is 3. The minimum atomic E-state index is -0.391. The van der Waals surface area contributed by atoms with Crippen LogP contribution in [-0.4, -0.2) is 54.2 Å². The molecule has 1 unspecified atom stereocenters. The Kier molecular flexibility index (Phi) is 4.40. The van der Waals surface area contributed by atoms with Crippen LogP contribution in [0.1, 0.15) is 5.69 Å². The third kappa shape index (κ3) is 3.40. The fourth-order valence-corrected chi connectivity index (χ4v) is 2.87. The van der Waals surface area contributed by atoms with E-state index in [2.05, 4.69) is 22.2 Å². The monoisotopic (exact) mass is 316 g/mol. The molecule has 0 aliphatic carbocycles. The van der Waals surface area contributed by atoms with E-state index in [1.165, 1.54) is 6.07 Å². The van der Waals surface area contributed by atoms with Gasteiger partial charge in [-0.2, -0.15) is 0 Å². The van der Waals surface area contributed by atoms with Crippen LogP contribution in [0.5, 0.6) is 0 Å². The standard InChI is InChI=1S/C16H20N4O3/c1-11-8-14(17-9-12-10-19(2)6-7-23-12)13-4-3-5-15(20(21)22)16(13)18-11/h3-5,8,12H,6-7,9-10H2,1-2H3,(H,17,18). The van der Waals surface area contributed by atoms with Crippen molar-refractivity contribution in [3.05, 3.63) is 40.1 Å². The quantitative estimate of drug-likeness (QED) is 0.688. The predicted molar refractivity (Wildman–Crippen MR) is 88.9 cm³/mol. The summed E-state index contributed by atoms with van der Waals surface area (Å²) in [5, 5.41) is 15.3. The molecule has 122 valence electrons. The number of aryl methyl sites for hydroxylation is 1. The summed E-state index contributed by atoms with van der Waals surface area (Å²) in [6, 6.07) is 6.94. The third-order valence-electron chi connectivity index (χ3n) is 4.01. The van der Waals surface area contributed by atoms with Crippen molar-refractivity contribution >= 4 is 22.3 Å². The molecule has 23 heavy (non-hydrogen) atoms. The lowest BCUT2D eigenvalue weighted by Gasteiger charge is -2.30. The Morgan fingerprint density at radius 3 is 3.09 bits per heavy atom. The van der Waals surface area contributed by atoms with Crippen LogP contribution >= 0.6 is 0 Å². The molecule has 1 N–H and O–H groups in total. The lowest BCUT2D eigenvalue weighted by atomic mass is 10.1. The number of nitro groups is 1. The van der Waals surface area contributed by atoms with Crippen LogP contribution < -0.4 is 5.32 Å². The lowest BCUT2D eigenvalue weighted by Crippen LogP contribution is -2.43. The lowest BCUT2D eigenvalue weighted by molar-refractivity contribution is -0.383. The van der Waals surface area contributed by atoms with Gasteiger partial charge in [-0.1, -0.05) is 12.1 Å². The maximum absolute atomic E-state index is 11.2. The van der Waals surface area contributed by atoms with Gasteiger partial charge in [-0.3, -0.25) is 10.1 Å². The Bertz CT molecular complexity index is 735. The molecule has 0 saturated carbocycles. The first-order valence-corrected chi connectivity index (χ1v) is 7.63. The number of rotatable bonds is 4. The molecule has 1 aliphatic heterocycles. The molecular formula is C16H20N4O3. The molecule has 1 aromatic heterocycles. The Hall–Kier alpha value is -2.25. The number of nitro benzene ring substituents is 1. The normalized spacial score (nSPS) is 19.0. The van der Waals surface area contributed by atoms with Gasteiger partial charge >= 0.3 is 0 Å². The fourth-order valence-electron chi connectivity index (χ4n) is 2.87. The van der Waals surface area contributed by atoms with Gasteiger partial charge in [0.25, 0.3) is 5.69 Å². The van der Waals surface area contributed by atoms with Crippen LogP contribution in [0.3, 0.4) is 0 Å². The number of hydrogen-bond acceptors (Lipinski definition) is 6. The van der Waals surface area contributed by atoms with E-state index in [0.717, 1.165) is 36.5 Å². The summed E-state index contributed by atoms with van der Waals surface area (Å²) in [6.45, 7) is 5.04. The van der Waals surface area contributed by atoms with Gasteiger partial charge in [0.15, 0.2) is 5.52 Å². The van der Waals surface area contributed by atoms with Gasteiger partial charge in [0.2, 0.25) is 0 Å². The van der Waals surface area contributed by atoms with Gasteiger partial charge in [-0.25, -0.2) is 4.98 Å². The number of hydrogen-bond donors (Lipinski definition) is 1. The van der Waals surface area contributed by atoms with Crippen LogP contribution in [0.2, 0.25) is 0 Å². The van der Waals surface area contributed by atoms with Crippen LogP contribution in [0.25, 0.3) is 10.9 Å². The fraction of sp³-hybridized carbons (Fsp3) is 0.438. The second-order valence-electron chi connectivity index (χ2n) is 5.88. The molecule has 7 nitrogen and oxygen atoms in total. The first-order valence-electron chi connectivity index (χ1n) is 7.63. The zero-order valence-electron chi connectivity index (χ0n) is 13.3. The van der Waals surface area contributed by atoms with E-state index in [4.69, 9.17) is 4.74 Å². The summed E-state index contributed by atoms with van der Waals surface area (Å²) in [5.41, 5.74) is 2.05. The Balaban J connectivity index is 1.88. The molecule has 3 rings (SSSR count). The maximum atomic E-state index is 11.2. The first kappa shape index (κ1) is 15.6. The Morgan fingerprint density at radius 1 is 1.52 bits per heavy atom. The van der Waals surface area contributed by atoms with E-state index in [1.807, 2.05) is 19.1 Å². The molecule has 1 aromatic carbocycles. The number of benzene rings is 1. The number of nitrogens with one attached hydrogen (secondary N) is 1. The third-order valence-corrected chi connectivity index (χ3v) is 4.01. The van der Waals surface area contributed by atoms with Crippen molar-refractivity contribution < 1.29 is 9.66 Å². The van der Waals surface area contributed by atoms with Crippen LogP contribution in [-0.2, 0) is 4.74 Å². The SMILES string of the molecule is Cc1cc(NCC2CN(C)CCO2)c2cccc([N+](=O)[O-])c2n1. The molecule has 0 radical (unpaired) electrons. The largest absolute Gasteiger partial charge is 0.382 e. The highest BCUT2D eigenvalue weighted by molar-refractivity contribution is 5.96. The number of likely N-dealkylation sites (N-methyl/N-ethyl adjacent to an activating group) is 1. The molecule has 0 bridgehead atoms. The number of pyridine rings is 1. The molecule has 2 heterocycles. The van der Waals surface area contributed by atoms with Gasteiger partial charge in [0.1, 0.15) is 0 Å². The average Bonchev–Trinajstić information content (AvgIpc) is 2.52. The van der Waals surface area contributed by atoms with E-state index in [9.17, 15) is 10.1 Å². The van der Waals surface area contributed by atoms with Crippen molar-refractivity contribution in [2.24, 2.45) is 0 Å². The second-order valence-corrected chi connectivity index (χ2v) is 5.88. The highest BCUT2D eigenvalue weighted by atomic mass is 16.6. The number of non-ortho nitro benzene ring substituents is 1. The number of ether oxygens (including phenoxy) is 1. The van der Waals surface area contributed by atoms with E-state index >= 15 is 0 Å². The molecular weight excluding hydrogens is 296 g/mol. The number of fused-ring (bicyclic) bond motifs is 1. The van der Waals surface area contributed by atoms with Crippen molar-refractivity contribution in [1.29, 1.82) is 0 Å². The van der Waals surface area contributed by atoms with Gasteiger partial charge < -0.3 is 15.0 Å². The molecule has 0 amide bonds. The van der Waals surface area contributed by atoms with Crippen molar-refractivity contribution in [1.82, 2.24) is 9.88 Å². The first-order chi connectivity index (χ1) is 11.0. The predicted octanol–water partition coefficient (Wildman–Crippen LogP) is 2.19. The van der Waals surface area contributed by atoms with Gasteiger partial charge in [0, 0.05) is 42.5 Å². The minimum absolute atomic E-state index is 0.0305. The van der Waals surface area contributed by atoms with Crippen LogP contribution in [0.15, 0.2) is 24.3 Å². The second kappa shape index (κ2) is 6.47. The average molecular weight is 316 g/mol. The van der Waals surface area contributed by atoms with E-state index in [0.29, 0.717) is 12.1 Å². The minimum Gasteiger partial charge on any atom is -0.382 e. The van der Waals surface area contributed by atoms with Gasteiger partial charge in [-0.15, -0.1) is 0 Å². The van der Waals surface area contributed by atoms with Gasteiger partial charge in [-0.05, 0) is 20.0 Å². The van der Waals surface area contributed by atoms with E-state index in [-0.39, 0.29) is 11.8 Å². The summed E-state index contributed by atoms with van der Waals surface area (Å²) in [6.07, 6.45) is 0.107. The number of para-hydroxylation sites is 1. The molecule has 2 aromatic rings. The highest BCUT2D eigenvalue weighted by Gasteiger charge is 2.19. The van der Waals surface area contributed by atoms with Crippen LogP contribution in [0.4, 0.5) is 11.4 Å². The maximum Gasteiger partial charge on any atom is 0.295 e. The number of morpholine rings is 1. The zero-order valence-corrected chi connectivity index (χ0v) is 13.3. The van der Waals surface area contributed by atoms with Gasteiger partial charge in [0.05, 0.1) is 17.6 Å². The number of anilines is 1. The topological polar surface area (TPSA) is 80.5 Å². The molecule has 1 saturated heterocycles. The summed E-state index contributed by atoms with van der Waals surface area (Å²) < 4.78 is 5.75. The van der Waals surface area contributed by atoms with Crippen molar-refractivity contribution in [2.75, 3.05) is 38.6 Å². The summed E-state index contributed by atoms with van der Waals surface area (Å²) in [4.78, 5) is 17.4. The van der Waals surface area contributed by atoms with E-state index in [1.54, 1.807) is 6.07 Å².